The number of carbonyl (C=O) groups excluding carboxylic acids is 2. The van der Waals surface area contributed by atoms with E-state index >= 15 is 0 Å². The van der Waals surface area contributed by atoms with Crippen LogP contribution in [0.15, 0.2) is 42.5 Å². The van der Waals surface area contributed by atoms with Crippen LogP contribution in [0.1, 0.15) is 40.9 Å². The molecular formula is C21H27N2O2+. The van der Waals surface area contributed by atoms with E-state index in [1.54, 1.807) is 24.3 Å². The Balaban J connectivity index is 2.03. The Morgan fingerprint density at radius 1 is 1.12 bits per heavy atom. The molecular weight excluding hydrogens is 312 g/mol. The van der Waals surface area contributed by atoms with Crippen LogP contribution >= 0.6 is 0 Å². The van der Waals surface area contributed by atoms with E-state index in [1.807, 2.05) is 14.0 Å². The van der Waals surface area contributed by atoms with Crippen LogP contribution in [0.4, 0.5) is 5.69 Å². The summed E-state index contributed by atoms with van der Waals surface area (Å²) in [5, 5.41) is 2.92. The van der Waals surface area contributed by atoms with Crippen LogP contribution in [0.5, 0.6) is 0 Å². The maximum Gasteiger partial charge on any atom is 0.282 e. The first kappa shape index (κ1) is 18.9. The summed E-state index contributed by atoms with van der Waals surface area (Å²) in [5.74, 6) is -0.0651. The highest BCUT2D eigenvalue weighted by atomic mass is 16.2. The number of Topliss-reactive ketones (excluding diaryl/α,β-unsaturated/α-hetero) is 1. The fourth-order valence-corrected chi connectivity index (χ4v) is 2.79. The number of quaternary nitrogens is 1. The molecule has 0 spiro atoms. The maximum absolute atomic E-state index is 12.5. The first-order chi connectivity index (χ1) is 11.8. The number of rotatable bonds is 6. The van der Waals surface area contributed by atoms with Crippen molar-refractivity contribution < 1.29 is 14.5 Å². The molecule has 2 aromatic carbocycles. The van der Waals surface area contributed by atoms with Gasteiger partial charge in [0.15, 0.2) is 11.8 Å². The van der Waals surface area contributed by atoms with E-state index in [0.29, 0.717) is 11.3 Å². The molecule has 0 fully saturated rings. The fourth-order valence-electron chi connectivity index (χ4n) is 2.79. The third-order valence-corrected chi connectivity index (χ3v) is 4.64. The number of anilines is 1. The molecule has 4 nitrogen and oxygen atoms in total. The molecule has 0 saturated carbocycles. The number of likely N-dealkylation sites (N-methyl/N-ethyl adjacent to an activating group) is 1. The molecule has 0 aliphatic carbocycles. The summed E-state index contributed by atoms with van der Waals surface area (Å²) >= 11 is 0. The second-order valence-electron chi connectivity index (χ2n) is 6.80. The second kappa shape index (κ2) is 8.08. The van der Waals surface area contributed by atoms with Gasteiger partial charge in [-0.25, -0.2) is 0 Å². The van der Waals surface area contributed by atoms with Crippen molar-refractivity contribution in [2.24, 2.45) is 0 Å². The first-order valence-corrected chi connectivity index (χ1v) is 8.58. The average Bonchev–Trinajstić information content (AvgIpc) is 2.56. The predicted octanol–water partition coefficient (Wildman–Crippen LogP) is 2.55. The van der Waals surface area contributed by atoms with Crippen molar-refractivity contribution in [2.75, 3.05) is 12.4 Å². The fraction of sp³-hybridized carbons (Fsp3) is 0.333. The number of hydrogen-bond donors (Lipinski definition) is 2. The van der Waals surface area contributed by atoms with Crippen molar-refractivity contribution in [2.45, 2.75) is 40.3 Å². The molecule has 2 atom stereocenters. The summed E-state index contributed by atoms with van der Waals surface area (Å²) in [6.07, 6.45) is 0. The third-order valence-electron chi connectivity index (χ3n) is 4.64. The molecule has 2 N–H and O–H groups in total. The highest BCUT2D eigenvalue weighted by molar-refractivity contribution is 5.97. The molecule has 132 valence electrons. The zero-order valence-corrected chi connectivity index (χ0v) is 15.6. The van der Waals surface area contributed by atoms with Crippen LogP contribution in [0.25, 0.3) is 0 Å². The minimum absolute atomic E-state index is 0.0123. The van der Waals surface area contributed by atoms with Gasteiger partial charge < -0.3 is 10.2 Å². The van der Waals surface area contributed by atoms with E-state index in [-0.39, 0.29) is 17.7 Å². The summed E-state index contributed by atoms with van der Waals surface area (Å²) in [4.78, 5) is 25.1. The normalized spacial score (nSPS) is 13.2. The molecule has 1 amide bonds. The van der Waals surface area contributed by atoms with Gasteiger partial charge in [-0.15, -0.1) is 0 Å². The second-order valence-corrected chi connectivity index (χ2v) is 6.80. The number of benzene rings is 2. The number of ketones is 1. The van der Waals surface area contributed by atoms with Crippen molar-refractivity contribution >= 4 is 17.4 Å². The summed E-state index contributed by atoms with van der Waals surface area (Å²) in [5.41, 5.74) is 5.00. The molecule has 0 heterocycles. The lowest BCUT2D eigenvalue weighted by molar-refractivity contribution is -0.907. The number of aryl methyl sites for hydroxylation is 2. The number of carbonyl (C=O) groups is 2. The average molecular weight is 339 g/mol. The van der Waals surface area contributed by atoms with E-state index in [2.05, 4.69) is 37.4 Å². The highest BCUT2D eigenvalue weighted by Crippen LogP contribution is 2.12. The molecule has 1 unspecified atom stereocenters. The van der Waals surface area contributed by atoms with E-state index in [9.17, 15) is 9.59 Å². The number of hydrogen-bond acceptors (Lipinski definition) is 2. The lowest BCUT2D eigenvalue weighted by Gasteiger charge is -2.22. The summed E-state index contributed by atoms with van der Waals surface area (Å²) in [6.45, 7) is 8.41. The molecule has 0 aliphatic heterocycles. The zero-order chi connectivity index (χ0) is 18.6. The third kappa shape index (κ3) is 5.00. The van der Waals surface area contributed by atoms with Gasteiger partial charge in [-0.05, 0) is 45.4 Å². The summed E-state index contributed by atoms with van der Waals surface area (Å²) in [6, 6.07) is 13.2. The van der Waals surface area contributed by atoms with Gasteiger partial charge in [0.2, 0.25) is 0 Å². The maximum atomic E-state index is 12.5. The van der Waals surface area contributed by atoms with Gasteiger partial charge in [0.1, 0.15) is 6.54 Å². The Morgan fingerprint density at radius 2 is 1.84 bits per heavy atom. The van der Waals surface area contributed by atoms with E-state index in [1.165, 1.54) is 23.6 Å². The molecule has 0 saturated heterocycles. The van der Waals surface area contributed by atoms with E-state index in [4.69, 9.17) is 0 Å². The van der Waals surface area contributed by atoms with Gasteiger partial charge >= 0.3 is 0 Å². The van der Waals surface area contributed by atoms with Crippen LogP contribution in [-0.4, -0.2) is 24.8 Å². The number of nitrogens with one attached hydrogen (secondary N) is 2. The van der Waals surface area contributed by atoms with Gasteiger partial charge in [0, 0.05) is 16.8 Å². The van der Waals surface area contributed by atoms with Crippen molar-refractivity contribution in [1.29, 1.82) is 0 Å². The quantitative estimate of drug-likeness (QED) is 0.795. The highest BCUT2D eigenvalue weighted by Gasteiger charge is 2.22. The Bertz CT molecular complexity index is 783. The Morgan fingerprint density at radius 3 is 2.48 bits per heavy atom. The van der Waals surface area contributed by atoms with E-state index < -0.39 is 0 Å². The summed E-state index contributed by atoms with van der Waals surface area (Å²) < 4.78 is 0. The minimum Gasteiger partial charge on any atom is -0.324 e. The molecule has 0 aliphatic rings. The van der Waals surface area contributed by atoms with Gasteiger partial charge in [0.05, 0.1) is 7.05 Å². The zero-order valence-electron chi connectivity index (χ0n) is 15.6. The standard InChI is InChI=1S/C21H26N2O2/c1-14-9-10-19(15(2)11-14)13-23(5)16(3)21(25)22-20-8-6-7-18(12-20)17(4)24/h6-12,16H,13H2,1-5H3,(H,22,25)/p+1/t16-/m1/s1. The van der Waals surface area contributed by atoms with Crippen LogP contribution in [0.2, 0.25) is 0 Å². The van der Waals surface area contributed by atoms with Crippen LogP contribution in [0.3, 0.4) is 0 Å². The van der Waals surface area contributed by atoms with Crippen molar-refractivity contribution in [3.63, 3.8) is 0 Å². The smallest absolute Gasteiger partial charge is 0.282 e. The molecule has 2 rings (SSSR count). The van der Waals surface area contributed by atoms with Gasteiger partial charge in [-0.3, -0.25) is 9.59 Å². The monoisotopic (exact) mass is 339 g/mol. The molecule has 2 aromatic rings. The molecule has 25 heavy (non-hydrogen) atoms. The molecule has 0 radical (unpaired) electrons. The Kier molecular flexibility index (Phi) is 6.10. The topological polar surface area (TPSA) is 50.6 Å². The lowest BCUT2D eigenvalue weighted by atomic mass is 10.0. The van der Waals surface area contributed by atoms with Crippen molar-refractivity contribution in [1.82, 2.24) is 0 Å². The van der Waals surface area contributed by atoms with Crippen LogP contribution in [-0.2, 0) is 11.3 Å². The van der Waals surface area contributed by atoms with Crippen LogP contribution in [0, 0.1) is 13.8 Å². The van der Waals surface area contributed by atoms with Crippen LogP contribution < -0.4 is 10.2 Å². The predicted molar refractivity (Wildman–Crippen MR) is 101 cm³/mol. The SMILES string of the molecule is CC(=O)c1cccc(NC(=O)[C@@H](C)[NH+](C)Cc2ccc(C)cc2C)c1. The van der Waals surface area contributed by atoms with Crippen molar-refractivity contribution in [3.8, 4) is 0 Å². The summed E-state index contributed by atoms with van der Waals surface area (Å²) in [7, 11) is 2.02. The largest absolute Gasteiger partial charge is 0.324 e. The molecule has 4 heteroatoms. The van der Waals surface area contributed by atoms with E-state index in [0.717, 1.165) is 11.4 Å². The van der Waals surface area contributed by atoms with Gasteiger partial charge in [0.25, 0.3) is 5.91 Å². The Hall–Kier alpha value is -2.46. The number of amides is 1. The molecule has 0 aromatic heterocycles. The van der Waals surface area contributed by atoms with Gasteiger partial charge in [-0.2, -0.15) is 0 Å². The molecule has 0 bridgehead atoms. The lowest BCUT2D eigenvalue weighted by Crippen LogP contribution is -3.12. The van der Waals surface area contributed by atoms with Gasteiger partial charge in [-0.1, -0.05) is 35.9 Å². The first-order valence-electron chi connectivity index (χ1n) is 8.58. The van der Waals surface area contributed by atoms with Crippen molar-refractivity contribution in [3.05, 3.63) is 64.7 Å². The minimum atomic E-state index is -0.207. The Labute approximate surface area is 149 Å².